The molecule has 0 aliphatic heterocycles. The highest BCUT2D eigenvalue weighted by atomic mass is 16.5. The molecular formula is C24H29NO5. The van der Waals surface area contributed by atoms with Gasteiger partial charge in [0, 0.05) is 12.0 Å². The summed E-state index contributed by atoms with van der Waals surface area (Å²) in [6.45, 7) is 4.17. The Morgan fingerprint density at radius 2 is 1.53 bits per heavy atom. The standard InChI is InChI=1S/C24H29NO5/c1-18(2)23(25-16-21(26)20-12-7-4-8-13-20)24(28)29-15-9-14-22(27)30-17-19-10-5-3-6-11-19/h3-8,10-13,18,23,25H,9,14-17H2,1-2H3/t23-/m0/s1. The van der Waals surface area contributed by atoms with Gasteiger partial charge in [0.1, 0.15) is 12.6 Å². The lowest BCUT2D eigenvalue weighted by atomic mass is 10.0. The molecule has 0 heterocycles. The third kappa shape index (κ3) is 8.17. The highest BCUT2D eigenvalue weighted by Crippen LogP contribution is 2.07. The number of nitrogens with one attached hydrogen (secondary N) is 1. The number of ketones is 1. The SMILES string of the molecule is CC(C)[C@H](NCC(=O)c1ccccc1)C(=O)OCCCC(=O)OCc1ccccc1. The van der Waals surface area contributed by atoms with Crippen LogP contribution in [-0.2, 0) is 25.7 Å². The van der Waals surface area contributed by atoms with Crippen molar-refractivity contribution in [2.45, 2.75) is 39.3 Å². The number of Topliss-reactive ketones (excluding diaryl/α,β-unsaturated/α-hetero) is 1. The van der Waals surface area contributed by atoms with Crippen molar-refractivity contribution in [1.29, 1.82) is 0 Å². The highest BCUT2D eigenvalue weighted by Gasteiger charge is 2.24. The Morgan fingerprint density at radius 3 is 2.17 bits per heavy atom. The largest absolute Gasteiger partial charge is 0.465 e. The minimum absolute atomic E-state index is 0.0445. The monoisotopic (exact) mass is 411 g/mol. The predicted octanol–water partition coefficient (Wildman–Crippen LogP) is 3.55. The Labute approximate surface area is 177 Å². The van der Waals surface area contributed by atoms with E-state index >= 15 is 0 Å². The van der Waals surface area contributed by atoms with E-state index in [0.717, 1.165) is 5.56 Å². The number of esters is 2. The first-order valence-electron chi connectivity index (χ1n) is 10.1. The number of ether oxygens (including phenoxy) is 2. The van der Waals surface area contributed by atoms with E-state index in [1.165, 1.54) is 0 Å². The van der Waals surface area contributed by atoms with Gasteiger partial charge in [-0.1, -0.05) is 74.5 Å². The van der Waals surface area contributed by atoms with Gasteiger partial charge in [-0.3, -0.25) is 19.7 Å². The third-order valence-electron chi connectivity index (χ3n) is 4.51. The summed E-state index contributed by atoms with van der Waals surface area (Å²) in [6, 6.07) is 17.8. The van der Waals surface area contributed by atoms with Gasteiger partial charge in [0.25, 0.3) is 0 Å². The Balaban J connectivity index is 1.68. The lowest BCUT2D eigenvalue weighted by Gasteiger charge is -2.20. The van der Waals surface area contributed by atoms with Crippen LogP contribution in [0, 0.1) is 5.92 Å². The normalized spacial score (nSPS) is 11.7. The summed E-state index contributed by atoms with van der Waals surface area (Å²) in [5.74, 6) is -0.891. The minimum Gasteiger partial charge on any atom is -0.465 e. The molecular weight excluding hydrogens is 382 g/mol. The number of hydrogen-bond acceptors (Lipinski definition) is 6. The van der Waals surface area contributed by atoms with Crippen molar-refractivity contribution in [3.63, 3.8) is 0 Å². The van der Waals surface area contributed by atoms with Crippen molar-refractivity contribution >= 4 is 17.7 Å². The molecule has 30 heavy (non-hydrogen) atoms. The fourth-order valence-electron chi connectivity index (χ4n) is 2.81. The Kier molecular flexibility index (Phi) is 9.74. The van der Waals surface area contributed by atoms with E-state index in [1.54, 1.807) is 24.3 Å². The first-order valence-corrected chi connectivity index (χ1v) is 10.1. The van der Waals surface area contributed by atoms with Crippen molar-refractivity contribution in [2.24, 2.45) is 5.92 Å². The summed E-state index contributed by atoms with van der Waals surface area (Å²) in [5, 5.41) is 2.99. The summed E-state index contributed by atoms with van der Waals surface area (Å²) in [4.78, 5) is 36.4. The van der Waals surface area contributed by atoms with Gasteiger partial charge in [0.05, 0.1) is 13.2 Å². The number of rotatable bonds is 12. The maximum absolute atomic E-state index is 12.4. The second kappa shape index (κ2) is 12.5. The number of benzene rings is 2. The zero-order valence-corrected chi connectivity index (χ0v) is 17.5. The average molecular weight is 411 g/mol. The smallest absolute Gasteiger partial charge is 0.323 e. The van der Waals surface area contributed by atoms with Crippen molar-refractivity contribution < 1.29 is 23.9 Å². The van der Waals surface area contributed by atoms with Gasteiger partial charge in [-0.15, -0.1) is 0 Å². The quantitative estimate of drug-likeness (QED) is 0.327. The van der Waals surface area contributed by atoms with Gasteiger partial charge in [0.15, 0.2) is 5.78 Å². The fraction of sp³-hybridized carbons (Fsp3) is 0.375. The van der Waals surface area contributed by atoms with Crippen LogP contribution < -0.4 is 5.32 Å². The van der Waals surface area contributed by atoms with Crippen molar-refractivity contribution in [3.05, 3.63) is 71.8 Å². The van der Waals surface area contributed by atoms with Crippen molar-refractivity contribution in [1.82, 2.24) is 5.32 Å². The van der Waals surface area contributed by atoms with Crippen LogP contribution in [-0.4, -0.2) is 36.9 Å². The average Bonchev–Trinajstić information content (AvgIpc) is 2.76. The summed E-state index contributed by atoms with van der Waals surface area (Å²) in [6.07, 6.45) is 0.555. The molecule has 0 unspecified atom stereocenters. The predicted molar refractivity (Wildman–Crippen MR) is 114 cm³/mol. The molecule has 6 nitrogen and oxygen atoms in total. The molecule has 0 saturated heterocycles. The van der Waals surface area contributed by atoms with E-state index in [1.807, 2.05) is 50.2 Å². The maximum Gasteiger partial charge on any atom is 0.323 e. The molecule has 0 bridgehead atoms. The summed E-state index contributed by atoms with van der Waals surface area (Å²) in [5.41, 5.74) is 1.52. The van der Waals surface area contributed by atoms with Crippen LogP contribution in [0.2, 0.25) is 0 Å². The van der Waals surface area contributed by atoms with E-state index in [0.29, 0.717) is 12.0 Å². The highest BCUT2D eigenvalue weighted by molar-refractivity contribution is 5.97. The summed E-state index contributed by atoms with van der Waals surface area (Å²) < 4.78 is 10.5. The van der Waals surface area contributed by atoms with Gasteiger partial charge in [-0.2, -0.15) is 0 Å². The maximum atomic E-state index is 12.4. The Bertz CT molecular complexity index is 805. The molecule has 0 fully saturated rings. The molecule has 1 N–H and O–H groups in total. The van der Waals surface area contributed by atoms with E-state index in [2.05, 4.69) is 5.32 Å². The van der Waals surface area contributed by atoms with Crippen LogP contribution in [0.5, 0.6) is 0 Å². The molecule has 0 aromatic heterocycles. The lowest BCUT2D eigenvalue weighted by Crippen LogP contribution is -2.44. The molecule has 0 saturated carbocycles. The Hall–Kier alpha value is -2.99. The third-order valence-corrected chi connectivity index (χ3v) is 4.51. The van der Waals surface area contributed by atoms with Gasteiger partial charge >= 0.3 is 11.9 Å². The van der Waals surface area contributed by atoms with Crippen LogP contribution in [0.4, 0.5) is 0 Å². The summed E-state index contributed by atoms with van der Waals surface area (Å²) in [7, 11) is 0. The zero-order chi connectivity index (χ0) is 21.8. The number of carbonyl (C=O) groups is 3. The molecule has 0 aliphatic carbocycles. The van der Waals surface area contributed by atoms with Crippen LogP contribution in [0.3, 0.4) is 0 Å². The van der Waals surface area contributed by atoms with E-state index in [9.17, 15) is 14.4 Å². The van der Waals surface area contributed by atoms with Crippen LogP contribution in [0.15, 0.2) is 60.7 Å². The first-order chi connectivity index (χ1) is 14.5. The fourth-order valence-corrected chi connectivity index (χ4v) is 2.81. The lowest BCUT2D eigenvalue weighted by molar-refractivity contribution is -0.150. The molecule has 0 aliphatic rings. The number of carbonyl (C=O) groups excluding carboxylic acids is 3. The summed E-state index contributed by atoms with van der Waals surface area (Å²) >= 11 is 0. The topological polar surface area (TPSA) is 81.7 Å². The van der Waals surface area contributed by atoms with Crippen molar-refractivity contribution in [2.75, 3.05) is 13.2 Å². The molecule has 0 amide bonds. The van der Waals surface area contributed by atoms with Crippen LogP contribution in [0.1, 0.15) is 42.6 Å². The molecule has 2 aromatic carbocycles. The minimum atomic E-state index is -0.595. The zero-order valence-electron chi connectivity index (χ0n) is 17.5. The molecule has 2 aromatic rings. The molecule has 6 heteroatoms. The molecule has 0 radical (unpaired) electrons. The second-order valence-electron chi connectivity index (χ2n) is 7.31. The first kappa shape index (κ1) is 23.3. The number of hydrogen-bond donors (Lipinski definition) is 1. The molecule has 160 valence electrons. The van der Waals surface area contributed by atoms with E-state index < -0.39 is 12.0 Å². The second-order valence-corrected chi connectivity index (χ2v) is 7.31. The van der Waals surface area contributed by atoms with Gasteiger partial charge in [-0.05, 0) is 17.9 Å². The van der Waals surface area contributed by atoms with Crippen LogP contribution in [0.25, 0.3) is 0 Å². The van der Waals surface area contributed by atoms with Crippen LogP contribution >= 0.6 is 0 Å². The molecule has 1 atom stereocenters. The van der Waals surface area contributed by atoms with E-state index in [4.69, 9.17) is 9.47 Å². The molecule has 0 spiro atoms. The van der Waals surface area contributed by atoms with Gasteiger partial charge < -0.3 is 9.47 Å². The van der Waals surface area contributed by atoms with E-state index in [-0.39, 0.29) is 43.8 Å². The van der Waals surface area contributed by atoms with Gasteiger partial charge in [0.2, 0.25) is 0 Å². The Morgan fingerprint density at radius 1 is 0.900 bits per heavy atom. The van der Waals surface area contributed by atoms with Crippen molar-refractivity contribution in [3.8, 4) is 0 Å². The van der Waals surface area contributed by atoms with Gasteiger partial charge in [-0.25, -0.2) is 0 Å². The molecule has 2 rings (SSSR count).